The van der Waals surface area contributed by atoms with Gasteiger partial charge >= 0.3 is 0 Å². The Kier molecular flexibility index (Phi) is 5.21. The molecule has 1 amide bonds. The van der Waals surface area contributed by atoms with Crippen LogP contribution in [0.25, 0.3) is 0 Å². The number of amides is 1. The summed E-state index contributed by atoms with van der Waals surface area (Å²) in [5.74, 6) is 0.814. The molecule has 2 aliphatic heterocycles. The zero-order valence-corrected chi connectivity index (χ0v) is 14.3. The largest absolute Gasteiger partial charge is 0.334 e. The number of carbonyl (C=O) groups is 1. The highest BCUT2D eigenvalue weighted by Crippen LogP contribution is 2.37. The van der Waals surface area contributed by atoms with E-state index in [0.29, 0.717) is 17.8 Å². The minimum Gasteiger partial charge on any atom is -0.334 e. The number of hydrogen-bond acceptors (Lipinski definition) is 4. The van der Waals surface area contributed by atoms with E-state index >= 15 is 0 Å². The topological polar surface area (TPSA) is 63.1 Å². The molecule has 1 N–H and O–H groups in total. The molecule has 2 saturated heterocycles. The van der Waals surface area contributed by atoms with E-state index in [9.17, 15) is 4.79 Å². The van der Waals surface area contributed by atoms with Crippen LogP contribution >= 0.6 is 12.4 Å². The summed E-state index contributed by atoms with van der Waals surface area (Å²) in [5.41, 5.74) is 0.533. The summed E-state index contributed by atoms with van der Waals surface area (Å²) in [7, 11) is 0. The van der Waals surface area contributed by atoms with Gasteiger partial charge in [-0.25, -0.2) is 4.68 Å². The van der Waals surface area contributed by atoms with Crippen molar-refractivity contribution in [3.8, 4) is 0 Å². The highest BCUT2D eigenvalue weighted by molar-refractivity contribution is 5.92. The SMILES string of the molecule is Cl.O=C(c1cn(C2CCNCC2)nn1)N1CCCC2CCCC21. The lowest BCUT2D eigenvalue weighted by Gasteiger charge is -2.37. The van der Waals surface area contributed by atoms with Crippen LogP contribution in [-0.4, -0.2) is 51.5 Å². The van der Waals surface area contributed by atoms with Crippen molar-refractivity contribution >= 4 is 18.3 Å². The zero-order chi connectivity index (χ0) is 14.9. The van der Waals surface area contributed by atoms with E-state index in [1.54, 1.807) is 0 Å². The van der Waals surface area contributed by atoms with Crippen molar-refractivity contribution < 1.29 is 4.79 Å². The molecule has 1 aliphatic carbocycles. The number of hydrogen-bond donors (Lipinski definition) is 1. The lowest BCUT2D eigenvalue weighted by atomic mass is 9.92. The summed E-state index contributed by atoms with van der Waals surface area (Å²) in [4.78, 5) is 14.9. The molecule has 128 valence electrons. The van der Waals surface area contributed by atoms with Crippen molar-refractivity contribution in [3.05, 3.63) is 11.9 Å². The molecule has 6 nitrogen and oxygen atoms in total. The summed E-state index contributed by atoms with van der Waals surface area (Å²) < 4.78 is 1.91. The van der Waals surface area contributed by atoms with Crippen molar-refractivity contribution in [2.24, 2.45) is 5.92 Å². The maximum atomic E-state index is 12.8. The Bertz CT molecular complexity index is 542. The monoisotopic (exact) mass is 339 g/mol. The Hall–Kier alpha value is -1.14. The Morgan fingerprint density at radius 1 is 1.13 bits per heavy atom. The van der Waals surface area contributed by atoms with Crippen molar-refractivity contribution in [3.63, 3.8) is 0 Å². The molecule has 0 spiro atoms. The minimum absolute atomic E-state index is 0. The van der Waals surface area contributed by atoms with Gasteiger partial charge in [-0.05, 0) is 57.5 Å². The Labute approximate surface area is 143 Å². The van der Waals surface area contributed by atoms with Gasteiger partial charge in [0.05, 0.1) is 12.2 Å². The predicted octanol–water partition coefficient (Wildman–Crippen LogP) is 2.03. The first-order valence-electron chi connectivity index (χ1n) is 8.76. The lowest BCUT2D eigenvalue weighted by molar-refractivity contribution is 0.0542. The second-order valence-corrected chi connectivity index (χ2v) is 6.96. The molecule has 0 radical (unpaired) electrons. The van der Waals surface area contributed by atoms with Crippen LogP contribution in [-0.2, 0) is 0 Å². The van der Waals surface area contributed by atoms with E-state index < -0.39 is 0 Å². The molecule has 0 bridgehead atoms. The van der Waals surface area contributed by atoms with Crippen LogP contribution in [0, 0.1) is 5.92 Å². The van der Waals surface area contributed by atoms with Crippen LogP contribution in [0.5, 0.6) is 0 Å². The first-order valence-corrected chi connectivity index (χ1v) is 8.76. The molecule has 4 rings (SSSR count). The van der Waals surface area contributed by atoms with Crippen LogP contribution in [0.3, 0.4) is 0 Å². The number of nitrogens with zero attached hydrogens (tertiary/aromatic N) is 4. The van der Waals surface area contributed by atoms with Gasteiger partial charge in [-0.3, -0.25) is 4.79 Å². The number of carbonyl (C=O) groups excluding carboxylic acids is 1. The molecule has 1 aromatic rings. The van der Waals surface area contributed by atoms with Crippen molar-refractivity contribution in [1.82, 2.24) is 25.2 Å². The summed E-state index contributed by atoms with van der Waals surface area (Å²) in [6.07, 6.45) is 10.1. The van der Waals surface area contributed by atoms with E-state index in [1.165, 1.54) is 25.7 Å². The number of likely N-dealkylation sites (tertiary alicyclic amines) is 1. The predicted molar refractivity (Wildman–Crippen MR) is 89.8 cm³/mol. The molecular weight excluding hydrogens is 314 g/mol. The lowest BCUT2D eigenvalue weighted by Crippen LogP contribution is -2.46. The summed E-state index contributed by atoms with van der Waals surface area (Å²) in [5, 5.41) is 11.8. The summed E-state index contributed by atoms with van der Waals surface area (Å²) in [6, 6.07) is 0.834. The van der Waals surface area contributed by atoms with Gasteiger partial charge in [0.1, 0.15) is 0 Å². The first kappa shape index (κ1) is 16.7. The molecule has 3 aliphatic rings. The minimum atomic E-state index is 0. The number of aromatic nitrogens is 3. The first-order chi connectivity index (χ1) is 10.8. The molecule has 3 fully saturated rings. The molecule has 23 heavy (non-hydrogen) atoms. The average Bonchev–Trinajstić information content (AvgIpc) is 3.24. The molecule has 1 saturated carbocycles. The van der Waals surface area contributed by atoms with Gasteiger partial charge in [-0.2, -0.15) is 0 Å². The Morgan fingerprint density at radius 2 is 1.91 bits per heavy atom. The second-order valence-electron chi connectivity index (χ2n) is 6.96. The molecule has 3 heterocycles. The fourth-order valence-corrected chi connectivity index (χ4v) is 4.48. The fraction of sp³-hybridized carbons (Fsp3) is 0.812. The van der Waals surface area contributed by atoms with Crippen molar-refractivity contribution in [1.29, 1.82) is 0 Å². The highest BCUT2D eigenvalue weighted by atomic mass is 35.5. The number of nitrogens with one attached hydrogen (secondary N) is 1. The van der Waals surface area contributed by atoms with Gasteiger partial charge in [0.15, 0.2) is 5.69 Å². The number of rotatable bonds is 2. The Balaban J connectivity index is 0.00000156. The van der Waals surface area contributed by atoms with Gasteiger partial charge in [0.2, 0.25) is 0 Å². The third-order valence-corrected chi connectivity index (χ3v) is 5.67. The molecule has 0 aromatic carbocycles. The van der Waals surface area contributed by atoms with E-state index in [0.717, 1.165) is 44.8 Å². The van der Waals surface area contributed by atoms with E-state index in [1.807, 2.05) is 10.9 Å². The van der Waals surface area contributed by atoms with Crippen LogP contribution in [0.4, 0.5) is 0 Å². The third kappa shape index (κ3) is 3.24. The maximum Gasteiger partial charge on any atom is 0.276 e. The summed E-state index contributed by atoms with van der Waals surface area (Å²) in [6.45, 7) is 2.92. The van der Waals surface area contributed by atoms with Gasteiger partial charge in [0.25, 0.3) is 5.91 Å². The van der Waals surface area contributed by atoms with Crippen molar-refractivity contribution in [2.75, 3.05) is 19.6 Å². The molecule has 1 aromatic heterocycles. The molecule has 2 unspecified atom stereocenters. The van der Waals surface area contributed by atoms with Crippen LogP contribution in [0.1, 0.15) is 61.5 Å². The zero-order valence-electron chi connectivity index (χ0n) is 13.5. The maximum absolute atomic E-state index is 12.8. The van der Waals surface area contributed by atoms with Crippen LogP contribution < -0.4 is 5.32 Å². The van der Waals surface area contributed by atoms with E-state index in [-0.39, 0.29) is 18.3 Å². The third-order valence-electron chi connectivity index (χ3n) is 5.67. The van der Waals surface area contributed by atoms with Gasteiger partial charge in [-0.15, -0.1) is 17.5 Å². The second kappa shape index (κ2) is 7.18. The van der Waals surface area contributed by atoms with E-state index in [2.05, 4.69) is 20.5 Å². The highest BCUT2D eigenvalue weighted by Gasteiger charge is 2.38. The normalized spacial score (nSPS) is 28.3. The average molecular weight is 340 g/mol. The smallest absolute Gasteiger partial charge is 0.276 e. The number of fused-ring (bicyclic) bond motifs is 1. The van der Waals surface area contributed by atoms with Crippen molar-refractivity contribution in [2.45, 2.75) is 57.0 Å². The number of halogens is 1. The van der Waals surface area contributed by atoms with Gasteiger partial charge < -0.3 is 10.2 Å². The standard InChI is InChI=1S/C16H25N5O.ClH/c22-16(20-10-2-4-12-3-1-5-15(12)20)14-11-21(19-18-14)13-6-8-17-9-7-13;/h11-13,15,17H,1-10H2;1H. The quantitative estimate of drug-likeness (QED) is 0.895. The number of piperidine rings is 2. The molecule has 2 atom stereocenters. The van der Waals surface area contributed by atoms with Gasteiger partial charge in [-0.1, -0.05) is 11.6 Å². The molecule has 7 heteroatoms. The molecular formula is C16H26ClN5O. The van der Waals surface area contributed by atoms with Crippen LogP contribution in [0.2, 0.25) is 0 Å². The van der Waals surface area contributed by atoms with Crippen LogP contribution in [0.15, 0.2) is 6.20 Å². The van der Waals surface area contributed by atoms with E-state index in [4.69, 9.17) is 0 Å². The fourth-order valence-electron chi connectivity index (χ4n) is 4.48. The summed E-state index contributed by atoms with van der Waals surface area (Å²) >= 11 is 0. The Morgan fingerprint density at radius 3 is 2.74 bits per heavy atom. The van der Waals surface area contributed by atoms with Gasteiger partial charge in [0, 0.05) is 12.6 Å².